The lowest BCUT2D eigenvalue weighted by Crippen LogP contribution is -2.45. The molecule has 1 atom stereocenters. The molecule has 0 radical (unpaired) electrons. The topological polar surface area (TPSA) is 42.4 Å². The molecular formula is C27H30N2O2. The summed E-state index contributed by atoms with van der Waals surface area (Å²) in [5, 5.41) is 1.15. The number of ether oxygens (including phenoxy) is 1. The van der Waals surface area contributed by atoms with Gasteiger partial charge in [0, 0.05) is 43.3 Å². The summed E-state index contributed by atoms with van der Waals surface area (Å²) < 4.78 is 6.11. The first-order chi connectivity index (χ1) is 15.1. The number of nitrogens with zero attached hydrogens (tertiary/aromatic N) is 2. The van der Waals surface area contributed by atoms with Gasteiger partial charge in [0.2, 0.25) is 5.91 Å². The number of likely N-dealkylation sites (tertiary alicyclic amines) is 1. The molecule has 2 aromatic carbocycles. The molecule has 2 fully saturated rings. The molecule has 2 aliphatic rings. The second-order valence-electron chi connectivity index (χ2n) is 9.18. The number of piperidine rings is 1. The summed E-state index contributed by atoms with van der Waals surface area (Å²) in [6.45, 7) is 3.89. The van der Waals surface area contributed by atoms with Crippen molar-refractivity contribution >= 4 is 16.8 Å². The minimum absolute atomic E-state index is 0.308. The van der Waals surface area contributed by atoms with Crippen LogP contribution in [0.4, 0.5) is 0 Å². The van der Waals surface area contributed by atoms with E-state index in [-0.39, 0.29) is 5.60 Å². The van der Waals surface area contributed by atoms with Gasteiger partial charge < -0.3 is 9.64 Å². The molecule has 4 heteroatoms. The van der Waals surface area contributed by atoms with E-state index >= 15 is 0 Å². The monoisotopic (exact) mass is 414 g/mol. The van der Waals surface area contributed by atoms with E-state index in [1.807, 2.05) is 31.5 Å². The summed E-state index contributed by atoms with van der Waals surface area (Å²) in [5.74, 6) is 1.07. The number of benzene rings is 2. The summed E-state index contributed by atoms with van der Waals surface area (Å²) in [6.07, 6.45) is 6.07. The van der Waals surface area contributed by atoms with Gasteiger partial charge >= 0.3 is 0 Å². The Morgan fingerprint density at radius 3 is 2.39 bits per heavy atom. The molecule has 2 heterocycles. The Kier molecular flexibility index (Phi) is 5.27. The number of amides is 1. The number of aromatic nitrogens is 1. The summed E-state index contributed by atoms with van der Waals surface area (Å²) >= 11 is 0. The van der Waals surface area contributed by atoms with E-state index in [2.05, 4.69) is 53.2 Å². The van der Waals surface area contributed by atoms with E-state index in [1.165, 1.54) is 5.56 Å². The highest BCUT2D eigenvalue weighted by Crippen LogP contribution is 2.41. The van der Waals surface area contributed by atoms with E-state index in [1.54, 1.807) is 0 Å². The van der Waals surface area contributed by atoms with E-state index in [0.717, 1.165) is 60.8 Å². The molecule has 160 valence electrons. The molecular weight excluding hydrogens is 384 g/mol. The van der Waals surface area contributed by atoms with Crippen molar-refractivity contribution in [3.05, 3.63) is 66.4 Å². The zero-order valence-electron chi connectivity index (χ0n) is 18.4. The van der Waals surface area contributed by atoms with Crippen LogP contribution >= 0.6 is 0 Å². The van der Waals surface area contributed by atoms with Gasteiger partial charge in [0.1, 0.15) is 0 Å². The second kappa shape index (κ2) is 8.08. The maximum Gasteiger partial charge on any atom is 0.225 e. The number of carbonyl (C=O) groups excluding carboxylic acids is 1. The zero-order chi connectivity index (χ0) is 21.4. The predicted octanol–water partition coefficient (Wildman–Crippen LogP) is 5.41. The molecule has 3 aromatic rings. The number of para-hydroxylation sites is 1. The van der Waals surface area contributed by atoms with Crippen LogP contribution in [0, 0.1) is 11.8 Å². The Hall–Kier alpha value is -2.72. The molecule has 0 spiro atoms. The zero-order valence-corrected chi connectivity index (χ0v) is 18.4. The van der Waals surface area contributed by atoms with Gasteiger partial charge in [-0.3, -0.25) is 9.78 Å². The lowest BCUT2D eigenvalue weighted by Gasteiger charge is -2.42. The normalized spacial score (nSPS) is 19.4. The highest BCUT2D eigenvalue weighted by atomic mass is 16.5. The lowest BCUT2D eigenvalue weighted by atomic mass is 9.76. The molecule has 31 heavy (non-hydrogen) atoms. The van der Waals surface area contributed by atoms with Crippen molar-refractivity contribution in [2.45, 2.75) is 38.2 Å². The van der Waals surface area contributed by atoms with Crippen molar-refractivity contribution in [3.63, 3.8) is 0 Å². The Balaban J connectivity index is 1.33. The van der Waals surface area contributed by atoms with Gasteiger partial charge in [-0.1, -0.05) is 42.5 Å². The van der Waals surface area contributed by atoms with Crippen molar-refractivity contribution in [3.8, 4) is 11.1 Å². The van der Waals surface area contributed by atoms with E-state index in [4.69, 9.17) is 4.74 Å². The molecule has 1 aliphatic carbocycles. The number of rotatable bonds is 5. The van der Waals surface area contributed by atoms with Crippen LogP contribution in [0.25, 0.3) is 22.0 Å². The fraction of sp³-hybridized carbons (Fsp3) is 0.407. The molecule has 1 unspecified atom stereocenters. The Morgan fingerprint density at radius 2 is 1.71 bits per heavy atom. The third-order valence-corrected chi connectivity index (χ3v) is 7.32. The SMILES string of the molecule is COC(C)(c1ccc(-c2cnc3ccccc3c2)cc1)C1CCN(C(=O)C2CC2)CC1. The quantitative estimate of drug-likeness (QED) is 0.560. The minimum Gasteiger partial charge on any atom is -0.374 e. The van der Waals surface area contributed by atoms with Gasteiger partial charge in [-0.05, 0) is 61.8 Å². The van der Waals surface area contributed by atoms with Crippen LogP contribution in [0.3, 0.4) is 0 Å². The maximum absolute atomic E-state index is 12.4. The predicted molar refractivity (Wildman–Crippen MR) is 124 cm³/mol. The van der Waals surface area contributed by atoms with Crippen LogP contribution < -0.4 is 0 Å². The Labute approximate surface area is 184 Å². The summed E-state index contributed by atoms with van der Waals surface area (Å²) in [7, 11) is 1.81. The highest BCUT2D eigenvalue weighted by molar-refractivity contribution is 5.83. The Morgan fingerprint density at radius 1 is 1.00 bits per heavy atom. The molecule has 0 bridgehead atoms. The molecule has 1 aromatic heterocycles. The van der Waals surface area contributed by atoms with Gasteiger partial charge in [0.25, 0.3) is 0 Å². The van der Waals surface area contributed by atoms with Crippen LogP contribution in [0.2, 0.25) is 0 Å². The smallest absolute Gasteiger partial charge is 0.225 e. The molecule has 0 N–H and O–H groups in total. The lowest BCUT2D eigenvalue weighted by molar-refractivity contribution is -0.136. The van der Waals surface area contributed by atoms with E-state index in [0.29, 0.717) is 17.7 Å². The summed E-state index contributed by atoms with van der Waals surface area (Å²) in [6, 6.07) is 19.1. The van der Waals surface area contributed by atoms with Gasteiger partial charge in [-0.2, -0.15) is 0 Å². The Bertz CT molecular complexity index is 1080. The van der Waals surface area contributed by atoms with Crippen LogP contribution in [-0.4, -0.2) is 36.0 Å². The van der Waals surface area contributed by atoms with Crippen LogP contribution in [0.5, 0.6) is 0 Å². The first-order valence-electron chi connectivity index (χ1n) is 11.4. The molecule has 1 saturated heterocycles. The van der Waals surface area contributed by atoms with Gasteiger partial charge in [0.15, 0.2) is 0 Å². The average molecular weight is 415 g/mol. The fourth-order valence-electron chi connectivity index (χ4n) is 4.98. The standard InChI is InChI=1S/C27H30N2O2/c1-27(31-2,24-13-15-29(16-14-24)26(30)20-7-8-20)23-11-9-19(10-12-23)22-17-21-5-3-4-6-25(21)28-18-22/h3-6,9-12,17-18,20,24H,7-8,13-16H2,1-2H3. The number of hydrogen-bond acceptors (Lipinski definition) is 3. The van der Waals surface area contributed by atoms with Crippen molar-refractivity contribution in [1.29, 1.82) is 0 Å². The highest BCUT2D eigenvalue weighted by Gasteiger charge is 2.41. The molecule has 4 nitrogen and oxygen atoms in total. The number of hydrogen-bond donors (Lipinski definition) is 0. The van der Waals surface area contributed by atoms with Crippen LogP contribution in [0.1, 0.15) is 38.2 Å². The van der Waals surface area contributed by atoms with Gasteiger partial charge in [-0.25, -0.2) is 0 Å². The summed E-state index contributed by atoms with van der Waals surface area (Å²) in [4.78, 5) is 19.1. The van der Waals surface area contributed by atoms with E-state index in [9.17, 15) is 4.79 Å². The van der Waals surface area contributed by atoms with Gasteiger partial charge in [0.05, 0.1) is 11.1 Å². The van der Waals surface area contributed by atoms with Crippen molar-refractivity contribution in [2.24, 2.45) is 11.8 Å². The van der Waals surface area contributed by atoms with Crippen molar-refractivity contribution in [2.75, 3.05) is 20.2 Å². The number of fused-ring (bicyclic) bond motifs is 1. The molecule has 1 amide bonds. The van der Waals surface area contributed by atoms with Crippen LogP contribution in [0.15, 0.2) is 60.8 Å². The van der Waals surface area contributed by atoms with E-state index < -0.39 is 0 Å². The first kappa shape index (κ1) is 20.2. The minimum atomic E-state index is -0.352. The molecule has 1 aliphatic heterocycles. The molecule has 5 rings (SSSR count). The van der Waals surface area contributed by atoms with Crippen LogP contribution in [-0.2, 0) is 15.1 Å². The molecule has 1 saturated carbocycles. The first-order valence-corrected chi connectivity index (χ1v) is 11.4. The second-order valence-corrected chi connectivity index (χ2v) is 9.18. The maximum atomic E-state index is 12.4. The summed E-state index contributed by atoms with van der Waals surface area (Å²) in [5.41, 5.74) is 4.14. The largest absolute Gasteiger partial charge is 0.374 e. The van der Waals surface area contributed by atoms with Crippen molar-refractivity contribution < 1.29 is 9.53 Å². The average Bonchev–Trinajstić information content (AvgIpc) is 3.68. The fourth-order valence-corrected chi connectivity index (χ4v) is 4.98. The number of carbonyl (C=O) groups is 1. The number of pyridine rings is 1. The van der Waals surface area contributed by atoms with Crippen molar-refractivity contribution in [1.82, 2.24) is 9.88 Å². The third-order valence-electron chi connectivity index (χ3n) is 7.32. The van der Waals surface area contributed by atoms with Gasteiger partial charge in [-0.15, -0.1) is 0 Å². The third kappa shape index (κ3) is 3.85. The number of methoxy groups -OCH3 is 1.